The molecule has 0 spiro atoms. The van der Waals surface area contributed by atoms with E-state index in [-0.39, 0.29) is 6.10 Å². The van der Waals surface area contributed by atoms with Crippen LogP contribution in [0.4, 0.5) is 0 Å². The molecule has 1 aromatic carbocycles. The Balaban J connectivity index is 1.73. The van der Waals surface area contributed by atoms with Gasteiger partial charge in [-0.2, -0.15) is 0 Å². The molecule has 1 fully saturated rings. The van der Waals surface area contributed by atoms with E-state index in [1.165, 1.54) is 44.1 Å². The van der Waals surface area contributed by atoms with Gasteiger partial charge < -0.3 is 10.1 Å². The molecule has 1 heterocycles. The van der Waals surface area contributed by atoms with Gasteiger partial charge in [-0.15, -0.1) is 0 Å². The minimum Gasteiger partial charge on any atom is -0.487 e. The van der Waals surface area contributed by atoms with Gasteiger partial charge in [0.15, 0.2) is 0 Å². The molecule has 0 amide bonds. The first-order chi connectivity index (χ1) is 10.3. The lowest BCUT2D eigenvalue weighted by atomic mass is 10.0. The fraction of sp³-hybridized carbons (Fsp3) is 0.667. The fourth-order valence-corrected chi connectivity index (χ4v) is 3.06. The first-order valence-corrected chi connectivity index (χ1v) is 8.83. The van der Waals surface area contributed by atoms with Crippen molar-refractivity contribution in [1.29, 1.82) is 0 Å². The molecule has 1 aliphatic rings. The second-order valence-corrected chi connectivity index (χ2v) is 6.42. The van der Waals surface area contributed by atoms with Crippen LogP contribution in [0.3, 0.4) is 0 Å². The Hall–Kier alpha value is -0.730. The Bertz CT molecular complexity index is 416. The number of ether oxygens (including phenoxy) is 1. The van der Waals surface area contributed by atoms with E-state index in [0.717, 1.165) is 36.7 Å². The molecule has 2 nitrogen and oxygen atoms in total. The van der Waals surface area contributed by atoms with Crippen LogP contribution in [0.2, 0.25) is 5.02 Å². The number of rotatable bonds is 9. The van der Waals surface area contributed by atoms with Crippen LogP contribution in [0.5, 0.6) is 5.75 Å². The van der Waals surface area contributed by atoms with Gasteiger partial charge in [0.25, 0.3) is 0 Å². The zero-order chi connectivity index (χ0) is 14.9. The maximum absolute atomic E-state index is 6.34. The third-order valence-corrected chi connectivity index (χ3v) is 4.42. The van der Waals surface area contributed by atoms with Gasteiger partial charge in [0.05, 0.1) is 5.02 Å². The smallest absolute Gasteiger partial charge is 0.138 e. The summed E-state index contributed by atoms with van der Waals surface area (Å²) >= 11 is 6.34. The predicted octanol–water partition coefficient (Wildman–Crippen LogP) is 4.98. The van der Waals surface area contributed by atoms with Crippen molar-refractivity contribution in [2.24, 2.45) is 0 Å². The lowest BCUT2D eigenvalue weighted by Gasteiger charge is -2.14. The van der Waals surface area contributed by atoms with E-state index in [2.05, 4.69) is 24.4 Å². The van der Waals surface area contributed by atoms with Gasteiger partial charge in [-0.3, -0.25) is 0 Å². The minimum absolute atomic E-state index is 0.270. The molecule has 3 heteroatoms. The standard InChI is InChI=1S/C18H28ClNO/c1-2-3-4-5-6-7-8-15-9-10-18(17(19)13-15)21-16-11-12-20-14-16/h9-10,13,16,20H,2-8,11-12,14H2,1H3. The summed E-state index contributed by atoms with van der Waals surface area (Å²) in [4.78, 5) is 0. The Morgan fingerprint density at radius 2 is 2.00 bits per heavy atom. The zero-order valence-corrected chi connectivity index (χ0v) is 13.9. The number of hydrogen-bond donors (Lipinski definition) is 1. The molecule has 0 aliphatic carbocycles. The van der Waals surface area contributed by atoms with Crippen molar-refractivity contribution in [1.82, 2.24) is 5.32 Å². The van der Waals surface area contributed by atoms with Crippen LogP contribution in [0.25, 0.3) is 0 Å². The molecule has 1 saturated heterocycles. The summed E-state index contributed by atoms with van der Waals surface area (Å²) in [6.45, 7) is 4.22. The third kappa shape index (κ3) is 5.88. The molecular formula is C18H28ClNO. The second kappa shape index (κ2) is 9.32. The molecule has 0 saturated carbocycles. The van der Waals surface area contributed by atoms with E-state index in [0.29, 0.717) is 0 Å². The highest BCUT2D eigenvalue weighted by atomic mass is 35.5. The number of hydrogen-bond acceptors (Lipinski definition) is 2. The number of halogens is 1. The van der Waals surface area contributed by atoms with Crippen LogP contribution in [0, 0.1) is 0 Å². The molecule has 118 valence electrons. The fourth-order valence-electron chi connectivity index (χ4n) is 2.81. The van der Waals surface area contributed by atoms with Gasteiger partial charge in [-0.1, -0.05) is 56.7 Å². The Morgan fingerprint density at radius 1 is 1.19 bits per heavy atom. The van der Waals surface area contributed by atoms with Crippen molar-refractivity contribution < 1.29 is 4.74 Å². The molecule has 21 heavy (non-hydrogen) atoms. The monoisotopic (exact) mass is 309 g/mol. The number of unbranched alkanes of at least 4 members (excludes halogenated alkanes) is 5. The van der Waals surface area contributed by atoms with Crippen molar-refractivity contribution in [2.45, 2.75) is 64.4 Å². The normalized spacial score (nSPS) is 18.1. The van der Waals surface area contributed by atoms with Crippen molar-refractivity contribution >= 4 is 11.6 Å². The highest BCUT2D eigenvalue weighted by molar-refractivity contribution is 6.32. The van der Waals surface area contributed by atoms with E-state index >= 15 is 0 Å². The van der Waals surface area contributed by atoms with Crippen LogP contribution >= 0.6 is 11.6 Å². The average Bonchev–Trinajstić information content (AvgIpc) is 2.98. The predicted molar refractivity (Wildman–Crippen MR) is 90.4 cm³/mol. The SMILES string of the molecule is CCCCCCCCc1ccc(OC2CCNC2)c(Cl)c1. The molecule has 0 bridgehead atoms. The number of nitrogens with one attached hydrogen (secondary N) is 1. The van der Waals surface area contributed by atoms with E-state index in [9.17, 15) is 0 Å². The zero-order valence-electron chi connectivity index (χ0n) is 13.2. The first kappa shape index (κ1) is 16.6. The van der Waals surface area contributed by atoms with Crippen LogP contribution in [-0.4, -0.2) is 19.2 Å². The number of aryl methyl sites for hydroxylation is 1. The summed E-state index contributed by atoms with van der Waals surface area (Å²) in [6.07, 6.45) is 10.5. The maximum atomic E-state index is 6.34. The Labute approximate surface area is 134 Å². The number of benzene rings is 1. The van der Waals surface area contributed by atoms with E-state index in [4.69, 9.17) is 16.3 Å². The third-order valence-electron chi connectivity index (χ3n) is 4.12. The highest BCUT2D eigenvalue weighted by Gasteiger charge is 2.17. The van der Waals surface area contributed by atoms with Gasteiger partial charge in [0.2, 0.25) is 0 Å². The summed E-state index contributed by atoms with van der Waals surface area (Å²) < 4.78 is 5.94. The van der Waals surface area contributed by atoms with E-state index < -0.39 is 0 Å². The Morgan fingerprint density at radius 3 is 2.71 bits per heavy atom. The summed E-state index contributed by atoms with van der Waals surface area (Å²) in [6, 6.07) is 6.27. The lowest BCUT2D eigenvalue weighted by Crippen LogP contribution is -2.19. The van der Waals surface area contributed by atoms with E-state index in [1.54, 1.807) is 0 Å². The molecule has 1 unspecified atom stereocenters. The summed E-state index contributed by atoms with van der Waals surface area (Å²) in [7, 11) is 0. The lowest BCUT2D eigenvalue weighted by molar-refractivity contribution is 0.223. The molecule has 0 radical (unpaired) electrons. The van der Waals surface area contributed by atoms with Crippen LogP contribution in [-0.2, 0) is 6.42 Å². The molecule has 0 aromatic heterocycles. The van der Waals surface area contributed by atoms with Crippen molar-refractivity contribution in [2.75, 3.05) is 13.1 Å². The van der Waals surface area contributed by atoms with E-state index in [1.807, 2.05) is 6.07 Å². The van der Waals surface area contributed by atoms with Gasteiger partial charge in [-0.25, -0.2) is 0 Å². The van der Waals surface area contributed by atoms with Gasteiger partial charge in [0.1, 0.15) is 11.9 Å². The molecule has 1 aromatic rings. The quantitative estimate of drug-likeness (QED) is 0.649. The van der Waals surface area contributed by atoms with Gasteiger partial charge in [-0.05, 0) is 43.5 Å². The molecule has 1 atom stereocenters. The Kier molecular flexibility index (Phi) is 7.38. The molecule has 2 rings (SSSR count). The summed E-state index contributed by atoms with van der Waals surface area (Å²) in [5.74, 6) is 0.831. The highest BCUT2D eigenvalue weighted by Crippen LogP contribution is 2.28. The van der Waals surface area contributed by atoms with Crippen LogP contribution in [0.15, 0.2) is 18.2 Å². The molecule has 1 aliphatic heterocycles. The minimum atomic E-state index is 0.270. The average molecular weight is 310 g/mol. The maximum Gasteiger partial charge on any atom is 0.138 e. The van der Waals surface area contributed by atoms with Crippen molar-refractivity contribution in [3.63, 3.8) is 0 Å². The topological polar surface area (TPSA) is 21.3 Å². The largest absolute Gasteiger partial charge is 0.487 e. The summed E-state index contributed by atoms with van der Waals surface area (Å²) in [5.41, 5.74) is 1.33. The van der Waals surface area contributed by atoms with Crippen LogP contribution < -0.4 is 10.1 Å². The van der Waals surface area contributed by atoms with Gasteiger partial charge >= 0.3 is 0 Å². The first-order valence-electron chi connectivity index (χ1n) is 8.45. The molecule has 1 N–H and O–H groups in total. The van der Waals surface area contributed by atoms with Crippen LogP contribution in [0.1, 0.15) is 57.4 Å². The molecular weight excluding hydrogens is 282 g/mol. The van der Waals surface area contributed by atoms with Crippen molar-refractivity contribution in [3.05, 3.63) is 28.8 Å². The van der Waals surface area contributed by atoms with Gasteiger partial charge in [0, 0.05) is 6.54 Å². The van der Waals surface area contributed by atoms with Crippen molar-refractivity contribution in [3.8, 4) is 5.75 Å². The second-order valence-electron chi connectivity index (χ2n) is 6.02. The summed E-state index contributed by atoms with van der Waals surface area (Å²) in [5, 5.41) is 4.06.